The summed E-state index contributed by atoms with van der Waals surface area (Å²) in [7, 11) is 0. The fourth-order valence-corrected chi connectivity index (χ4v) is 3.10. The van der Waals surface area contributed by atoms with Gasteiger partial charge in [-0.25, -0.2) is 4.39 Å². The number of nitrogens with one attached hydrogen (secondary N) is 1. The number of nitrogens with zero attached hydrogens (tertiary/aromatic N) is 2. The molecule has 0 saturated carbocycles. The smallest absolute Gasteiger partial charge is 0.266 e. The number of H-pyrrole nitrogens is 1. The van der Waals surface area contributed by atoms with Crippen LogP contribution >= 0.6 is 0 Å². The molecule has 0 radical (unpaired) electrons. The zero-order chi connectivity index (χ0) is 15.4. The minimum Gasteiger partial charge on any atom is -0.323 e. The Labute approximate surface area is 129 Å². The lowest BCUT2D eigenvalue weighted by molar-refractivity contribution is 0.212. The van der Waals surface area contributed by atoms with E-state index in [9.17, 15) is 9.18 Å². The van der Waals surface area contributed by atoms with Crippen LogP contribution in [-0.4, -0.2) is 34.5 Å². The van der Waals surface area contributed by atoms with Crippen molar-refractivity contribution >= 4 is 0 Å². The van der Waals surface area contributed by atoms with E-state index in [0.717, 1.165) is 50.2 Å². The molecule has 0 aliphatic carbocycles. The zero-order valence-electron chi connectivity index (χ0n) is 12.5. The summed E-state index contributed by atoms with van der Waals surface area (Å²) in [6.07, 6.45) is 5.72. The third-order valence-electron chi connectivity index (χ3n) is 4.34. The van der Waals surface area contributed by atoms with E-state index in [2.05, 4.69) is 14.9 Å². The maximum Gasteiger partial charge on any atom is 0.266 e. The highest BCUT2D eigenvalue weighted by Crippen LogP contribution is 2.29. The number of halogens is 1. The van der Waals surface area contributed by atoms with E-state index in [0.29, 0.717) is 5.92 Å². The molecular weight excluding hydrogens is 281 g/mol. The van der Waals surface area contributed by atoms with Crippen LogP contribution in [0.1, 0.15) is 30.0 Å². The summed E-state index contributed by atoms with van der Waals surface area (Å²) >= 11 is 0. The van der Waals surface area contributed by atoms with Crippen LogP contribution < -0.4 is 5.56 Å². The lowest BCUT2D eigenvalue weighted by Crippen LogP contribution is -2.35. The molecule has 5 heteroatoms. The first-order valence-corrected chi connectivity index (χ1v) is 7.72. The molecule has 1 aromatic heterocycles. The first-order chi connectivity index (χ1) is 10.7. The first kappa shape index (κ1) is 14.9. The molecule has 1 saturated heterocycles. The predicted molar refractivity (Wildman–Crippen MR) is 83.4 cm³/mol. The van der Waals surface area contributed by atoms with E-state index >= 15 is 0 Å². The average Bonchev–Trinajstić information content (AvgIpc) is 2.54. The Morgan fingerprint density at radius 1 is 1.23 bits per heavy atom. The second-order valence-electron chi connectivity index (χ2n) is 5.81. The SMILES string of the molecule is O=c1cncc(CCN2CCC(c3ccccc3F)CC2)[nH]1. The molecule has 0 atom stereocenters. The average molecular weight is 301 g/mol. The third-order valence-corrected chi connectivity index (χ3v) is 4.34. The van der Waals surface area contributed by atoms with E-state index in [4.69, 9.17) is 0 Å². The lowest BCUT2D eigenvalue weighted by Gasteiger charge is -2.32. The van der Waals surface area contributed by atoms with Gasteiger partial charge in [0.1, 0.15) is 5.82 Å². The van der Waals surface area contributed by atoms with Gasteiger partial charge in [-0.2, -0.15) is 0 Å². The largest absolute Gasteiger partial charge is 0.323 e. The fourth-order valence-electron chi connectivity index (χ4n) is 3.10. The van der Waals surface area contributed by atoms with Gasteiger partial charge >= 0.3 is 0 Å². The van der Waals surface area contributed by atoms with Gasteiger partial charge in [-0.15, -0.1) is 0 Å². The summed E-state index contributed by atoms with van der Waals surface area (Å²) < 4.78 is 13.8. The quantitative estimate of drug-likeness (QED) is 0.943. The Bertz CT molecular complexity index is 677. The van der Waals surface area contributed by atoms with Crippen molar-refractivity contribution in [3.63, 3.8) is 0 Å². The Morgan fingerprint density at radius 3 is 2.73 bits per heavy atom. The maximum absolute atomic E-state index is 13.8. The molecule has 0 bridgehead atoms. The van der Waals surface area contributed by atoms with E-state index < -0.39 is 0 Å². The van der Waals surface area contributed by atoms with Crippen molar-refractivity contribution in [3.05, 3.63) is 64.1 Å². The van der Waals surface area contributed by atoms with Gasteiger partial charge in [-0.3, -0.25) is 9.78 Å². The van der Waals surface area contributed by atoms with E-state index in [1.54, 1.807) is 18.3 Å². The number of hydrogen-bond acceptors (Lipinski definition) is 3. The van der Waals surface area contributed by atoms with Crippen molar-refractivity contribution in [1.82, 2.24) is 14.9 Å². The number of likely N-dealkylation sites (tertiary alicyclic amines) is 1. The molecule has 3 rings (SSSR count). The molecular formula is C17H20FN3O. The van der Waals surface area contributed by atoms with Gasteiger partial charge < -0.3 is 9.88 Å². The molecule has 0 amide bonds. The summed E-state index contributed by atoms with van der Waals surface area (Å²) in [5.74, 6) is 0.226. The Balaban J connectivity index is 1.52. The standard InChI is InChI=1S/C17H20FN3O/c18-16-4-2-1-3-15(16)13-5-8-21(9-6-13)10-7-14-11-19-12-17(22)20-14/h1-4,11-13H,5-10H2,(H,20,22). The number of hydrogen-bond donors (Lipinski definition) is 1. The second-order valence-corrected chi connectivity index (χ2v) is 5.81. The van der Waals surface area contributed by atoms with E-state index in [1.807, 2.05) is 12.1 Å². The number of aromatic nitrogens is 2. The zero-order valence-corrected chi connectivity index (χ0v) is 12.5. The van der Waals surface area contributed by atoms with Crippen LogP contribution in [0.3, 0.4) is 0 Å². The molecule has 22 heavy (non-hydrogen) atoms. The van der Waals surface area contributed by atoms with Gasteiger partial charge in [0.2, 0.25) is 0 Å². The van der Waals surface area contributed by atoms with Crippen molar-refractivity contribution in [2.45, 2.75) is 25.2 Å². The molecule has 1 aromatic carbocycles. The first-order valence-electron chi connectivity index (χ1n) is 7.72. The van der Waals surface area contributed by atoms with Crippen molar-refractivity contribution in [1.29, 1.82) is 0 Å². The van der Waals surface area contributed by atoms with Crippen LogP contribution in [0.15, 0.2) is 41.5 Å². The summed E-state index contributed by atoms with van der Waals surface area (Å²) in [5, 5.41) is 0. The molecule has 0 spiro atoms. The minimum atomic E-state index is -0.157. The van der Waals surface area contributed by atoms with Crippen molar-refractivity contribution in [2.24, 2.45) is 0 Å². The highest BCUT2D eigenvalue weighted by Gasteiger charge is 2.22. The number of piperidine rings is 1. The van der Waals surface area contributed by atoms with Crippen LogP contribution in [-0.2, 0) is 6.42 Å². The molecule has 2 heterocycles. The van der Waals surface area contributed by atoms with Gasteiger partial charge in [0.25, 0.3) is 5.56 Å². The minimum absolute atomic E-state index is 0.0890. The molecule has 1 aliphatic rings. The third kappa shape index (κ3) is 3.60. The Morgan fingerprint density at radius 2 is 2.00 bits per heavy atom. The lowest BCUT2D eigenvalue weighted by atomic mass is 9.89. The Kier molecular flexibility index (Phi) is 4.63. The van der Waals surface area contributed by atoms with E-state index in [-0.39, 0.29) is 11.4 Å². The maximum atomic E-state index is 13.8. The summed E-state index contributed by atoms with van der Waals surface area (Å²) in [5.41, 5.74) is 1.55. The molecule has 1 N–H and O–H groups in total. The number of aromatic amines is 1. The van der Waals surface area contributed by atoms with Crippen molar-refractivity contribution in [2.75, 3.05) is 19.6 Å². The van der Waals surface area contributed by atoms with Gasteiger partial charge in [0, 0.05) is 24.9 Å². The number of rotatable bonds is 4. The van der Waals surface area contributed by atoms with Gasteiger partial charge in [0.15, 0.2) is 0 Å². The Hall–Kier alpha value is -2.01. The van der Waals surface area contributed by atoms with Crippen LogP contribution in [0.2, 0.25) is 0 Å². The number of benzene rings is 1. The van der Waals surface area contributed by atoms with Crippen LogP contribution in [0.5, 0.6) is 0 Å². The van der Waals surface area contributed by atoms with Crippen LogP contribution in [0, 0.1) is 5.82 Å². The van der Waals surface area contributed by atoms with Gasteiger partial charge in [-0.1, -0.05) is 18.2 Å². The molecule has 1 fully saturated rings. The predicted octanol–water partition coefficient (Wildman–Crippen LogP) is 2.33. The van der Waals surface area contributed by atoms with Gasteiger partial charge in [0.05, 0.1) is 6.20 Å². The van der Waals surface area contributed by atoms with Gasteiger partial charge in [-0.05, 0) is 43.5 Å². The monoisotopic (exact) mass is 301 g/mol. The molecule has 2 aromatic rings. The molecule has 1 aliphatic heterocycles. The van der Waals surface area contributed by atoms with Crippen LogP contribution in [0.4, 0.5) is 4.39 Å². The fraction of sp³-hybridized carbons (Fsp3) is 0.412. The topological polar surface area (TPSA) is 49.0 Å². The second kappa shape index (κ2) is 6.83. The molecule has 116 valence electrons. The summed E-state index contributed by atoms with van der Waals surface area (Å²) in [6, 6.07) is 7.09. The summed E-state index contributed by atoms with van der Waals surface area (Å²) in [6.45, 7) is 2.82. The summed E-state index contributed by atoms with van der Waals surface area (Å²) in [4.78, 5) is 20.3. The normalized spacial score (nSPS) is 16.8. The van der Waals surface area contributed by atoms with Crippen LogP contribution in [0.25, 0.3) is 0 Å². The highest BCUT2D eigenvalue weighted by molar-refractivity contribution is 5.22. The molecule has 4 nitrogen and oxygen atoms in total. The van der Waals surface area contributed by atoms with Crippen molar-refractivity contribution in [3.8, 4) is 0 Å². The highest BCUT2D eigenvalue weighted by atomic mass is 19.1. The van der Waals surface area contributed by atoms with Crippen molar-refractivity contribution < 1.29 is 4.39 Å². The molecule has 0 unspecified atom stereocenters. The van der Waals surface area contributed by atoms with E-state index in [1.165, 1.54) is 6.20 Å².